The van der Waals surface area contributed by atoms with Crippen molar-refractivity contribution in [3.05, 3.63) is 9.71 Å². The van der Waals surface area contributed by atoms with Crippen molar-refractivity contribution >= 4 is 43.3 Å². The van der Waals surface area contributed by atoms with Gasteiger partial charge >= 0.3 is 23.1 Å². The van der Waals surface area contributed by atoms with Crippen LogP contribution in [0.3, 0.4) is 0 Å². The van der Waals surface area contributed by atoms with Gasteiger partial charge in [-0.3, -0.25) is 4.21 Å². The van der Waals surface area contributed by atoms with E-state index >= 15 is 0 Å². The molecule has 9 heavy (non-hydrogen) atoms. The summed E-state index contributed by atoms with van der Waals surface area (Å²) in [6.07, 6.45) is 0. The Morgan fingerprint density at radius 2 is 1.44 bits per heavy atom. The third-order valence-corrected chi connectivity index (χ3v) is 0. The van der Waals surface area contributed by atoms with E-state index in [0.29, 0.717) is 0 Å². The zero-order valence-electron chi connectivity index (χ0n) is 3.97. The summed E-state index contributed by atoms with van der Waals surface area (Å²) < 4.78 is 28.4. The summed E-state index contributed by atoms with van der Waals surface area (Å²) in [6, 6.07) is 0. The molecule has 0 heterocycles. The molecule has 0 aliphatic rings. The minimum atomic E-state index is -4.33. The van der Waals surface area contributed by atoms with Crippen LogP contribution in [-0.4, -0.2) is 36.4 Å². The van der Waals surface area contributed by atoms with Crippen LogP contribution in [0.25, 0.3) is 0 Å². The maximum atomic E-state index is 8.89. The summed E-state index contributed by atoms with van der Waals surface area (Å²) in [6.45, 7) is 0. The van der Waals surface area contributed by atoms with Gasteiger partial charge < -0.3 is 9.11 Å². The Hall–Kier alpha value is 0.456. The summed E-state index contributed by atoms with van der Waals surface area (Å²) in [7, 11) is -4.33. The molecule has 0 fully saturated rings. The molecule has 0 rings (SSSR count). The summed E-state index contributed by atoms with van der Waals surface area (Å²) in [4.78, 5) is 7.88. The van der Waals surface area contributed by atoms with Crippen LogP contribution >= 0.6 is 0 Å². The smallest absolute Gasteiger partial charge is 0.780 e. The van der Waals surface area contributed by atoms with Crippen molar-refractivity contribution in [2.45, 2.75) is 0 Å². The van der Waals surface area contributed by atoms with Crippen molar-refractivity contribution in [3.63, 3.8) is 0 Å². The molecule has 0 bridgehead atoms. The zero-order valence-corrected chi connectivity index (χ0v) is 7.02. The van der Waals surface area contributed by atoms with E-state index in [4.69, 9.17) is 23.5 Å². The van der Waals surface area contributed by atoms with Crippen LogP contribution in [0.4, 0.5) is 0 Å². The van der Waals surface area contributed by atoms with Gasteiger partial charge in [-0.2, -0.15) is 0 Å². The van der Waals surface area contributed by atoms with Crippen molar-refractivity contribution in [1.29, 1.82) is 0 Å². The molecule has 50 valence electrons. The Morgan fingerprint density at radius 1 is 1.44 bits per heavy atom. The van der Waals surface area contributed by atoms with Gasteiger partial charge in [0.1, 0.15) is 0 Å². The van der Waals surface area contributed by atoms with Gasteiger partial charge in [-0.25, -0.2) is 0 Å². The van der Waals surface area contributed by atoms with E-state index in [9.17, 15) is 0 Å². The molecule has 0 atom stereocenters. The van der Waals surface area contributed by atoms with Crippen LogP contribution < -0.4 is 5.26 Å². The second-order valence-corrected chi connectivity index (χ2v) is 2.52. The molecule has 0 unspecified atom stereocenters. The minimum Gasteiger partial charge on any atom is -0.780 e. The summed E-state index contributed by atoms with van der Waals surface area (Å²) >= 11 is 3.24. The first kappa shape index (κ1) is 16.2. The first-order chi connectivity index (χ1) is 3.41. The second kappa shape index (κ2) is 8.46. The zero-order chi connectivity index (χ0) is 7.21. The fourth-order valence-electron chi connectivity index (χ4n) is 0. The molecule has 0 saturated heterocycles. The monoisotopic (exact) mass is 184 g/mol. The van der Waals surface area contributed by atoms with Gasteiger partial charge in [0, 0.05) is 0 Å². The van der Waals surface area contributed by atoms with Gasteiger partial charge in [0.25, 0.3) is 0 Å². The Labute approximate surface area is 71.6 Å². The van der Waals surface area contributed by atoms with Gasteiger partial charge in [0.05, 0.1) is 0 Å². The molecule has 6 nitrogen and oxygen atoms in total. The standard InChI is InChI=1S/Mg.H2O3S2.O3/c;1-5(2,3)4;1-3-2/h;(H2,1,2,3,4);/q+2;;/p-2. The maximum absolute atomic E-state index is 8.89. The fourth-order valence-corrected chi connectivity index (χ4v) is 0. The van der Waals surface area contributed by atoms with Crippen molar-refractivity contribution in [2.24, 2.45) is 0 Å². The third kappa shape index (κ3) is 1690. The molecule has 0 aliphatic heterocycles. The minimum absolute atomic E-state index is 0. The quantitative estimate of drug-likeness (QED) is 0.178. The molecule has 0 spiro atoms. The molecule has 0 N–H and O–H groups in total. The maximum Gasteiger partial charge on any atom is 2.00 e. The Kier molecular flexibility index (Phi) is 15.2. The van der Waals surface area contributed by atoms with Crippen LogP contribution in [0.15, 0.2) is 0 Å². The number of rotatable bonds is 0. The molecular weight excluding hydrogens is 184 g/mol. The van der Waals surface area contributed by atoms with E-state index in [1.807, 2.05) is 0 Å². The Morgan fingerprint density at radius 3 is 1.44 bits per heavy atom. The molecule has 0 aromatic rings. The van der Waals surface area contributed by atoms with Crippen LogP contribution in [0.1, 0.15) is 0 Å². The molecule has 0 radical (unpaired) electrons. The Bertz CT molecular complexity index is 125. The molecule has 0 aliphatic carbocycles. The summed E-state index contributed by atoms with van der Waals surface area (Å²) in [5, 5.41) is 7.88. The summed E-state index contributed by atoms with van der Waals surface area (Å²) in [5.74, 6) is 0. The first-order valence-corrected chi connectivity index (χ1v) is 3.33. The van der Waals surface area contributed by atoms with Gasteiger partial charge in [-0.15, -0.1) is 9.05 Å². The molecule has 0 aromatic heterocycles. The number of hydrogen-bond donors (Lipinski definition) is 0. The molecular formula is MgO6S2. The Balaban J connectivity index is -0.0000000800. The van der Waals surface area contributed by atoms with Crippen LogP contribution in [-0.2, 0) is 20.2 Å². The van der Waals surface area contributed by atoms with E-state index in [1.54, 1.807) is 4.75 Å². The van der Waals surface area contributed by atoms with E-state index in [1.165, 1.54) is 0 Å². The topological polar surface area (TPSA) is 115 Å². The number of hydrogen-bond acceptors (Lipinski definition) is 6. The predicted molar refractivity (Wildman–Crippen MR) is 29.6 cm³/mol. The van der Waals surface area contributed by atoms with Crippen molar-refractivity contribution in [1.82, 2.24) is 0 Å². The summed E-state index contributed by atoms with van der Waals surface area (Å²) in [5.41, 5.74) is 0. The van der Waals surface area contributed by atoms with Crippen LogP contribution in [0, 0.1) is 9.71 Å². The van der Waals surface area contributed by atoms with Gasteiger partial charge in [0.15, 0.2) is 4.75 Å². The second-order valence-electron chi connectivity index (χ2n) is 0.476. The van der Waals surface area contributed by atoms with Crippen LogP contribution in [0.2, 0.25) is 0 Å². The van der Waals surface area contributed by atoms with E-state index in [2.05, 4.69) is 11.2 Å². The van der Waals surface area contributed by atoms with Crippen LogP contribution in [0.5, 0.6) is 0 Å². The molecule has 0 aromatic carbocycles. The van der Waals surface area contributed by atoms with Gasteiger partial charge in [0.2, 0.25) is 0 Å². The third-order valence-electron chi connectivity index (χ3n) is 0. The SMILES string of the molecule is O=S([O-])([O-])=S.O=[O+][O-].[Mg+2]. The van der Waals surface area contributed by atoms with Crippen molar-refractivity contribution < 1.29 is 18.6 Å². The fraction of sp³-hybridized carbons (Fsp3) is 0. The average molecular weight is 184 g/mol. The van der Waals surface area contributed by atoms with E-state index < -0.39 is 9.05 Å². The normalized spacial score (nSPS) is 7.78. The van der Waals surface area contributed by atoms with Gasteiger partial charge in [-0.1, -0.05) is 10.2 Å². The van der Waals surface area contributed by atoms with Gasteiger partial charge in [-0.05, 0) is 11.2 Å². The van der Waals surface area contributed by atoms with E-state index in [0.717, 1.165) is 0 Å². The average Bonchev–Trinajstić information content (AvgIpc) is 1.27. The molecule has 0 saturated carbocycles. The largest absolute Gasteiger partial charge is 2.00 e. The van der Waals surface area contributed by atoms with E-state index in [-0.39, 0.29) is 23.1 Å². The molecule has 0 amide bonds. The van der Waals surface area contributed by atoms with Crippen molar-refractivity contribution in [2.75, 3.05) is 0 Å². The van der Waals surface area contributed by atoms with Crippen molar-refractivity contribution in [3.8, 4) is 0 Å². The predicted octanol–water partition coefficient (Wildman–Crippen LogP) is -2.51. The first-order valence-electron chi connectivity index (χ1n) is 1.00. The molecule has 9 heteroatoms.